The van der Waals surface area contributed by atoms with E-state index in [9.17, 15) is 9.59 Å². The maximum atomic E-state index is 13.0. The Bertz CT molecular complexity index is 1090. The lowest BCUT2D eigenvalue weighted by Gasteiger charge is -2.34. The normalized spacial score (nSPS) is 21.3. The fourth-order valence-corrected chi connectivity index (χ4v) is 6.09. The molecule has 0 saturated carbocycles. The van der Waals surface area contributed by atoms with E-state index >= 15 is 0 Å². The number of hydrogen-bond acceptors (Lipinski definition) is 6. The lowest BCUT2D eigenvalue weighted by Crippen LogP contribution is -2.46. The van der Waals surface area contributed by atoms with Crippen LogP contribution in [0.2, 0.25) is 0 Å². The highest BCUT2D eigenvalue weighted by Crippen LogP contribution is 2.46. The number of allylic oxidation sites excluding steroid dienone is 6. The zero-order valence-corrected chi connectivity index (χ0v) is 20.7. The van der Waals surface area contributed by atoms with Crippen LogP contribution in [0.15, 0.2) is 75.0 Å². The summed E-state index contributed by atoms with van der Waals surface area (Å²) in [5, 5.41) is 0. The van der Waals surface area contributed by atoms with E-state index in [1.165, 1.54) is 5.56 Å². The van der Waals surface area contributed by atoms with Crippen molar-refractivity contribution >= 4 is 23.3 Å². The van der Waals surface area contributed by atoms with Gasteiger partial charge in [-0.25, -0.2) is 0 Å². The quantitative estimate of drug-likeness (QED) is 0.553. The van der Waals surface area contributed by atoms with Gasteiger partial charge in [0.15, 0.2) is 11.6 Å². The summed E-state index contributed by atoms with van der Waals surface area (Å²) in [6, 6.07) is 10.6. The molecule has 0 aromatic heterocycles. The second-order valence-corrected chi connectivity index (χ2v) is 10.5. The Kier molecular flexibility index (Phi) is 7.18. The van der Waals surface area contributed by atoms with E-state index in [0.717, 1.165) is 97.4 Å². The third kappa shape index (κ3) is 5.45. The molecule has 0 bridgehead atoms. The predicted octanol–water partition coefficient (Wildman–Crippen LogP) is 4.98. The Morgan fingerprint density at radius 3 is 2.15 bits per heavy atom. The Balaban J connectivity index is 1.12. The zero-order valence-electron chi connectivity index (χ0n) is 19.8. The number of carbonyl (C=O) groups is 2. The van der Waals surface area contributed by atoms with Crippen molar-refractivity contribution in [2.75, 3.05) is 32.7 Å². The van der Waals surface area contributed by atoms with Gasteiger partial charge in [-0.3, -0.25) is 14.5 Å². The molecule has 34 heavy (non-hydrogen) atoms. The number of ketones is 2. The van der Waals surface area contributed by atoms with Crippen molar-refractivity contribution < 1.29 is 14.3 Å². The molecule has 1 fully saturated rings. The first-order valence-corrected chi connectivity index (χ1v) is 13.1. The van der Waals surface area contributed by atoms with Crippen molar-refractivity contribution in [3.8, 4) is 0 Å². The summed E-state index contributed by atoms with van der Waals surface area (Å²) >= 11 is 1.65. The Morgan fingerprint density at radius 1 is 0.853 bits per heavy atom. The molecule has 1 aromatic carbocycles. The molecular formula is C28H32N2O3S. The molecule has 0 spiro atoms. The third-order valence-corrected chi connectivity index (χ3v) is 8.18. The molecule has 0 atom stereocenters. The molecule has 5 rings (SSSR count). The predicted molar refractivity (Wildman–Crippen MR) is 136 cm³/mol. The molecular weight excluding hydrogens is 444 g/mol. The van der Waals surface area contributed by atoms with Crippen LogP contribution in [0.4, 0.5) is 0 Å². The van der Waals surface area contributed by atoms with Gasteiger partial charge in [-0.2, -0.15) is 0 Å². The SMILES string of the molecule is CC(=O)C1=CC2=C(CC1)OC1=C(C=C(C(=O)CCN3CCN(Cc4ccccc4)CC3)CC1)S2. The number of rotatable bonds is 7. The van der Waals surface area contributed by atoms with E-state index in [1.807, 2.05) is 12.2 Å². The summed E-state index contributed by atoms with van der Waals surface area (Å²) in [4.78, 5) is 31.7. The highest BCUT2D eigenvalue weighted by atomic mass is 32.2. The minimum Gasteiger partial charge on any atom is -0.464 e. The van der Waals surface area contributed by atoms with Gasteiger partial charge in [-0.05, 0) is 48.6 Å². The smallest absolute Gasteiger partial charge is 0.160 e. The highest BCUT2D eigenvalue weighted by molar-refractivity contribution is 8.07. The average molecular weight is 477 g/mol. The van der Waals surface area contributed by atoms with E-state index in [1.54, 1.807) is 18.7 Å². The van der Waals surface area contributed by atoms with Gasteiger partial charge in [0.2, 0.25) is 0 Å². The van der Waals surface area contributed by atoms with E-state index in [-0.39, 0.29) is 11.6 Å². The fraction of sp³-hybridized carbons (Fsp3) is 0.429. The molecule has 178 valence electrons. The molecule has 2 aliphatic carbocycles. The van der Waals surface area contributed by atoms with Gasteiger partial charge in [-0.15, -0.1) is 0 Å². The van der Waals surface area contributed by atoms with Crippen LogP contribution in [-0.4, -0.2) is 54.1 Å². The van der Waals surface area contributed by atoms with E-state index in [0.29, 0.717) is 6.42 Å². The van der Waals surface area contributed by atoms with E-state index in [2.05, 4.69) is 40.1 Å². The van der Waals surface area contributed by atoms with Crippen LogP contribution < -0.4 is 0 Å². The molecule has 6 heteroatoms. The zero-order chi connectivity index (χ0) is 23.5. The molecule has 0 N–H and O–H groups in total. The molecule has 5 nitrogen and oxygen atoms in total. The topological polar surface area (TPSA) is 49.9 Å². The minimum atomic E-state index is 0.128. The summed E-state index contributed by atoms with van der Waals surface area (Å²) < 4.78 is 6.17. The van der Waals surface area contributed by atoms with Crippen LogP contribution in [-0.2, 0) is 20.9 Å². The first-order chi connectivity index (χ1) is 16.5. The van der Waals surface area contributed by atoms with Gasteiger partial charge in [0.25, 0.3) is 0 Å². The molecule has 0 unspecified atom stereocenters. The lowest BCUT2D eigenvalue weighted by molar-refractivity contribution is -0.116. The summed E-state index contributed by atoms with van der Waals surface area (Å²) in [7, 11) is 0. The van der Waals surface area contributed by atoms with Gasteiger partial charge < -0.3 is 9.64 Å². The van der Waals surface area contributed by atoms with Crippen molar-refractivity contribution in [1.82, 2.24) is 9.80 Å². The molecule has 4 aliphatic rings. The number of carbonyl (C=O) groups excluding carboxylic acids is 2. The van der Waals surface area contributed by atoms with E-state index < -0.39 is 0 Å². The fourth-order valence-electron chi connectivity index (χ4n) is 4.94. The van der Waals surface area contributed by atoms with Gasteiger partial charge in [0.1, 0.15) is 11.5 Å². The van der Waals surface area contributed by atoms with Crippen LogP contribution in [0, 0.1) is 0 Å². The largest absolute Gasteiger partial charge is 0.464 e. The number of thioether (sulfide) groups is 1. The monoisotopic (exact) mass is 476 g/mol. The lowest BCUT2D eigenvalue weighted by atomic mass is 9.97. The van der Waals surface area contributed by atoms with Crippen molar-refractivity contribution in [2.24, 2.45) is 0 Å². The second-order valence-electron chi connectivity index (χ2n) is 9.45. The first kappa shape index (κ1) is 23.3. The minimum absolute atomic E-state index is 0.128. The summed E-state index contributed by atoms with van der Waals surface area (Å²) in [5.41, 5.74) is 3.13. The number of Topliss-reactive ketones (excluding diaryl/α,β-unsaturated/α-hetero) is 2. The van der Waals surface area contributed by atoms with Gasteiger partial charge in [0.05, 0.1) is 9.81 Å². The maximum Gasteiger partial charge on any atom is 0.160 e. The van der Waals surface area contributed by atoms with Gasteiger partial charge in [0, 0.05) is 58.5 Å². The molecule has 2 aliphatic heterocycles. The first-order valence-electron chi connectivity index (χ1n) is 12.3. The summed E-state index contributed by atoms with van der Waals surface area (Å²) in [5.74, 6) is 2.34. The van der Waals surface area contributed by atoms with E-state index in [4.69, 9.17) is 4.74 Å². The van der Waals surface area contributed by atoms with Crippen molar-refractivity contribution in [1.29, 1.82) is 0 Å². The molecule has 1 aromatic rings. The summed E-state index contributed by atoms with van der Waals surface area (Å²) in [6.07, 6.45) is 7.62. The second kappa shape index (κ2) is 10.5. The van der Waals surface area contributed by atoms with Crippen LogP contribution in [0.5, 0.6) is 0 Å². The molecule has 2 heterocycles. The van der Waals surface area contributed by atoms with Crippen LogP contribution in [0.3, 0.4) is 0 Å². The number of piperazine rings is 1. The molecule has 0 amide bonds. The highest BCUT2D eigenvalue weighted by Gasteiger charge is 2.29. The van der Waals surface area contributed by atoms with Gasteiger partial charge in [-0.1, -0.05) is 42.1 Å². The number of nitrogens with zero attached hydrogens (tertiary/aromatic N) is 2. The van der Waals surface area contributed by atoms with Crippen LogP contribution >= 0.6 is 11.8 Å². The third-order valence-electron chi connectivity index (χ3n) is 7.05. The van der Waals surface area contributed by atoms with Crippen LogP contribution in [0.25, 0.3) is 0 Å². The average Bonchev–Trinajstić information content (AvgIpc) is 2.86. The summed E-state index contributed by atoms with van der Waals surface area (Å²) in [6.45, 7) is 7.56. The maximum absolute atomic E-state index is 13.0. The number of hydrogen-bond donors (Lipinski definition) is 0. The van der Waals surface area contributed by atoms with Crippen molar-refractivity contribution in [3.63, 3.8) is 0 Å². The number of benzene rings is 1. The van der Waals surface area contributed by atoms with Crippen LogP contribution in [0.1, 0.15) is 44.6 Å². The Labute approximate surface area is 206 Å². The van der Waals surface area contributed by atoms with Crippen molar-refractivity contribution in [2.45, 2.75) is 45.6 Å². The standard InChI is InChI=1S/C28H32N2O3S/c1-20(31)22-7-9-25-27(17-22)34-28-18-23(8-10-26(28)33-25)24(32)11-12-29-13-15-30(16-14-29)19-21-5-3-2-4-6-21/h2-6,17-18H,7-16,19H2,1H3. The molecule has 0 radical (unpaired) electrons. The Morgan fingerprint density at radius 2 is 1.47 bits per heavy atom. The Hall–Kier alpha value is -2.41. The van der Waals surface area contributed by atoms with Crippen molar-refractivity contribution in [3.05, 3.63) is 80.5 Å². The molecule has 1 saturated heterocycles. The number of ether oxygens (including phenoxy) is 1. The van der Waals surface area contributed by atoms with Gasteiger partial charge >= 0.3 is 0 Å².